The first-order chi connectivity index (χ1) is 8.56. The highest BCUT2D eigenvalue weighted by Crippen LogP contribution is 2.05. The maximum absolute atomic E-state index is 11.6. The first kappa shape index (κ1) is 12.7. The Morgan fingerprint density at radius 3 is 2.56 bits per heavy atom. The van der Waals surface area contributed by atoms with E-state index in [4.69, 9.17) is 5.73 Å². The lowest BCUT2D eigenvalue weighted by atomic mass is 10.1. The number of aromatic nitrogens is 2. The lowest BCUT2D eigenvalue weighted by Crippen LogP contribution is -2.22. The van der Waals surface area contributed by atoms with Crippen LogP contribution in [0.5, 0.6) is 0 Å². The third-order valence-corrected chi connectivity index (χ3v) is 3.00. The topological polar surface area (TPSA) is 78.0 Å². The smallest absolute Gasteiger partial charge is 0.268 e. The van der Waals surface area contributed by atoms with Crippen molar-refractivity contribution in [2.45, 2.75) is 6.54 Å². The second-order valence-electron chi connectivity index (χ2n) is 3.73. The molecule has 0 fully saturated rings. The molecule has 0 bridgehead atoms. The third-order valence-electron chi connectivity index (χ3n) is 2.41. The van der Waals surface area contributed by atoms with Gasteiger partial charge in [-0.1, -0.05) is 12.1 Å². The number of nitrogens with two attached hydrogens (primary N) is 1. The fraction of sp³-hybridized carbons (Fsp3) is 0.0833. The number of rotatable bonds is 3. The lowest BCUT2D eigenvalue weighted by molar-refractivity contribution is 0.100. The first-order valence-electron chi connectivity index (χ1n) is 5.17. The van der Waals surface area contributed by atoms with Crippen LogP contribution in [-0.4, -0.2) is 15.7 Å². The van der Waals surface area contributed by atoms with E-state index in [0.717, 1.165) is 9.13 Å². The highest BCUT2D eigenvalue weighted by molar-refractivity contribution is 14.1. The van der Waals surface area contributed by atoms with Gasteiger partial charge in [-0.25, -0.2) is 4.68 Å². The average molecular weight is 355 g/mol. The van der Waals surface area contributed by atoms with Crippen LogP contribution in [0.1, 0.15) is 15.9 Å². The predicted octanol–water partition coefficient (Wildman–Crippen LogP) is 0.995. The molecule has 0 aliphatic heterocycles. The van der Waals surface area contributed by atoms with Gasteiger partial charge in [0.25, 0.3) is 5.56 Å². The van der Waals surface area contributed by atoms with Gasteiger partial charge in [0, 0.05) is 15.2 Å². The van der Waals surface area contributed by atoms with Gasteiger partial charge in [0.15, 0.2) is 0 Å². The minimum Gasteiger partial charge on any atom is -0.366 e. The standard InChI is InChI=1S/C12H10IN3O2/c13-10-5-11(17)16(15-6-10)7-8-1-3-9(4-2-8)12(14)18/h1-6H,7H2,(H2,14,18). The summed E-state index contributed by atoms with van der Waals surface area (Å²) < 4.78 is 2.17. The lowest BCUT2D eigenvalue weighted by Gasteiger charge is -2.04. The van der Waals surface area contributed by atoms with E-state index in [9.17, 15) is 9.59 Å². The van der Waals surface area contributed by atoms with Crippen LogP contribution in [0.3, 0.4) is 0 Å². The van der Waals surface area contributed by atoms with Crippen LogP contribution in [0.2, 0.25) is 0 Å². The Morgan fingerprint density at radius 2 is 2.00 bits per heavy atom. The number of halogens is 1. The zero-order valence-electron chi connectivity index (χ0n) is 9.34. The van der Waals surface area contributed by atoms with Gasteiger partial charge in [-0.2, -0.15) is 5.10 Å². The number of carbonyl (C=O) groups is 1. The maximum atomic E-state index is 11.6. The molecule has 0 atom stereocenters. The van der Waals surface area contributed by atoms with Gasteiger partial charge < -0.3 is 5.73 Å². The van der Waals surface area contributed by atoms with Crippen molar-refractivity contribution >= 4 is 28.5 Å². The summed E-state index contributed by atoms with van der Waals surface area (Å²) >= 11 is 2.04. The van der Waals surface area contributed by atoms with E-state index in [1.54, 1.807) is 30.5 Å². The van der Waals surface area contributed by atoms with E-state index in [1.807, 2.05) is 22.6 Å². The van der Waals surface area contributed by atoms with Gasteiger partial charge in [-0.05, 0) is 40.3 Å². The number of primary amides is 1. The van der Waals surface area contributed by atoms with Gasteiger partial charge in [0.1, 0.15) is 0 Å². The summed E-state index contributed by atoms with van der Waals surface area (Å²) in [6, 6.07) is 8.30. The van der Waals surface area contributed by atoms with Gasteiger partial charge in [-0.3, -0.25) is 9.59 Å². The zero-order valence-corrected chi connectivity index (χ0v) is 11.5. The molecule has 2 rings (SSSR count). The van der Waals surface area contributed by atoms with E-state index in [-0.39, 0.29) is 5.56 Å². The summed E-state index contributed by atoms with van der Waals surface area (Å²) in [4.78, 5) is 22.6. The quantitative estimate of drug-likeness (QED) is 0.835. The Bertz CT molecular complexity index is 635. The van der Waals surface area contributed by atoms with Gasteiger partial charge in [-0.15, -0.1) is 0 Å². The van der Waals surface area contributed by atoms with Crippen LogP contribution in [0, 0.1) is 3.57 Å². The normalized spacial score (nSPS) is 10.3. The summed E-state index contributed by atoms with van der Waals surface area (Å²) in [6.07, 6.45) is 1.62. The van der Waals surface area contributed by atoms with Crippen LogP contribution in [0.25, 0.3) is 0 Å². The molecule has 0 aliphatic carbocycles. The molecule has 92 valence electrons. The summed E-state index contributed by atoms with van der Waals surface area (Å²) in [5.74, 6) is -0.467. The molecule has 18 heavy (non-hydrogen) atoms. The van der Waals surface area contributed by atoms with Crippen LogP contribution in [-0.2, 0) is 6.54 Å². The Kier molecular flexibility index (Phi) is 3.75. The van der Waals surface area contributed by atoms with Gasteiger partial charge in [0.2, 0.25) is 5.91 Å². The molecule has 0 aliphatic rings. The molecule has 2 N–H and O–H groups in total. The molecular formula is C12H10IN3O2. The predicted molar refractivity (Wildman–Crippen MR) is 75.3 cm³/mol. The largest absolute Gasteiger partial charge is 0.366 e. The van der Waals surface area contributed by atoms with E-state index >= 15 is 0 Å². The van der Waals surface area contributed by atoms with Crippen LogP contribution < -0.4 is 11.3 Å². The average Bonchev–Trinajstić information content (AvgIpc) is 2.33. The van der Waals surface area contributed by atoms with Crippen molar-refractivity contribution < 1.29 is 4.79 Å². The number of hydrogen-bond acceptors (Lipinski definition) is 3. The monoisotopic (exact) mass is 355 g/mol. The second kappa shape index (κ2) is 5.30. The molecule has 1 aromatic carbocycles. The fourth-order valence-electron chi connectivity index (χ4n) is 1.48. The molecule has 0 radical (unpaired) electrons. The summed E-state index contributed by atoms with van der Waals surface area (Å²) in [5.41, 5.74) is 6.33. The van der Waals surface area contributed by atoms with Crippen LogP contribution in [0.15, 0.2) is 41.3 Å². The third kappa shape index (κ3) is 2.95. The number of carbonyl (C=O) groups excluding carboxylic acids is 1. The SMILES string of the molecule is NC(=O)c1ccc(Cn2ncc(I)cc2=O)cc1. The van der Waals surface area contributed by atoms with Crippen molar-refractivity contribution in [3.63, 3.8) is 0 Å². The molecule has 0 saturated carbocycles. The summed E-state index contributed by atoms with van der Waals surface area (Å²) in [6.45, 7) is 0.370. The minimum absolute atomic E-state index is 0.152. The van der Waals surface area contributed by atoms with Crippen LogP contribution in [0.4, 0.5) is 0 Å². The van der Waals surface area contributed by atoms with Crippen molar-refractivity contribution in [2.75, 3.05) is 0 Å². The first-order valence-corrected chi connectivity index (χ1v) is 6.25. The van der Waals surface area contributed by atoms with E-state index in [2.05, 4.69) is 5.10 Å². The fourth-order valence-corrected chi connectivity index (χ4v) is 1.87. The van der Waals surface area contributed by atoms with Crippen molar-refractivity contribution in [2.24, 2.45) is 5.73 Å². The van der Waals surface area contributed by atoms with Gasteiger partial charge >= 0.3 is 0 Å². The number of benzene rings is 1. The molecule has 6 heteroatoms. The Labute approximate surface area is 117 Å². The molecular weight excluding hydrogens is 345 g/mol. The molecule has 2 aromatic rings. The van der Waals surface area contributed by atoms with E-state index in [0.29, 0.717) is 12.1 Å². The van der Waals surface area contributed by atoms with Crippen molar-refractivity contribution in [1.82, 2.24) is 9.78 Å². The molecule has 1 aromatic heterocycles. The number of amides is 1. The van der Waals surface area contributed by atoms with Crippen molar-refractivity contribution in [1.29, 1.82) is 0 Å². The molecule has 0 saturated heterocycles. The van der Waals surface area contributed by atoms with E-state index in [1.165, 1.54) is 10.7 Å². The summed E-state index contributed by atoms with van der Waals surface area (Å²) in [7, 11) is 0. The molecule has 0 unspecified atom stereocenters. The molecule has 1 amide bonds. The Balaban J connectivity index is 2.23. The zero-order chi connectivity index (χ0) is 13.1. The maximum Gasteiger partial charge on any atom is 0.268 e. The highest BCUT2D eigenvalue weighted by atomic mass is 127. The molecule has 0 spiro atoms. The highest BCUT2D eigenvalue weighted by Gasteiger charge is 2.02. The second-order valence-corrected chi connectivity index (χ2v) is 4.98. The number of hydrogen-bond donors (Lipinski definition) is 1. The van der Waals surface area contributed by atoms with Crippen LogP contribution >= 0.6 is 22.6 Å². The van der Waals surface area contributed by atoms with Gasteiger partial charge in [0.05, 0.1) is 12.7 Å². The minimum atomic E-state index is -0.467. The van der Waals surface area contributed by atoms with E-state index < -0.39 is 5.91 Å². The number of nitrogens with zero attached hydrogens (tertiary/aromatic N) is 2. The summed E-state index contributed by atoms with van der Waals surface area (Å²) in [5, 5.41) is 4.04. The molecule has 5 nitrogen and oxygen atoms in total. The Morgan fingerprint density at radius 1 is 1.33 bits per heavy atom. The molecule has 1 heterocycles. The Hall–Kier alpha value is -1.70. The van der Waals surface area contributed by atoms with Crippen molar-refractivity contribution in [3.05, 3.63) is 61.6 Å². The van der Waals surface area contributed by atoms with Crippen molar-refractivity contribution in [3.8, 4) is 0 Å².